The number of hydrogen-bond donors (Lipinski definition) is 1. The lowest BCUT2D eigenvalue weighted by atomic mass is 9.69. The lowest BCUT2D eigenvalue weighted by molar-refractivity contribution is -0.111. The van der Waals surface area contributed by atoms with Gasteiger partial charge in [0.25, 0.3) is 0 Å². The van der Waals surface area contributed by atoms with Crippen LogP contribution in [-0.2, 0) is 17.6 Å². The molecule has 0 saturated heterocycles. The van der Waals surface area contributed by atoms with E-state index in [1.54, 1.807) is 17.4 Å². The summed E-state index contributed by atoms with van der Waals surface area (Å²) in [5, 5.41) is 13.2. The Balaban J connectivity index is 1.76. The van der Waals surface area contributed by atoms with Gasteiger partial charge in [-0.15, -0.1) is 11.3 Å². The second kappa shape index (κ2) is 7.74. The van der Waals surface area contributed by atoms with E-state index in [2.05, 4.69) is 32.2 Å². The number of furan rings is 1. The number of fused-ring (bicyclic) bond motifs is 1. The van der Waals surface area contributed by atoms with Crippen molar-refractivity contribution in [2.24, 2.45) is 11.3 Å². The van der Waals surface area contributed by atoms with Crippen LogP contribution in [0.2, 0.25) is 0 Å². The number of carbonyl (C=O) groups is 1. The van der Waals surface area contributed by atoms with Crippen molar-refractivity contribution in [3.63, 3.8) is 0 Å². The minimum Gasteiger partial charge on any atom is -0.462 e. The molecule has 4 nitrogen and oxygen atoms in total. The topological polar surface area (TPSA) is 66.0 Å². The average Bonchev–Trinajstić information content (AvgIpc) is 3.21. The van der Waals surface area contributed by atoms with Crippen molar-refractivity contribution < 1.29 is 9.21 Å². The molecule has 0 aliphatic heterocycles. The lowest BCUT2D eigenvalue weighted by Gasteiger charge is -2.36. The number of hydrogen-bond acceptors (Lipinski definition) is 4. The Bertz CT molecular complexity index is 911. The summed E-state index contributed by atoms with van der Waals surface area (Å²) in [6, 6.07) is 5.98. The molecular formula is C22H26N2O2S. The predicted molar refractivity (Wildman–Crippen MR) is 110 cm³/mol. The van der Waals surface area contributed by atoms with Crippen molar-refractivity contribution in [2.75, 3.05) is 5.32 Å². The van der Waals surface area contributed by atoms with Crippen LogP contribution < -0.4 is 5.32 Å². The van der Waals surface area contributed by atoms with Crippen LogP contribution in [0.4, 0.5) is 5.00 Å². The van der Waals surface area contributed by atoms with Crippen LogP contribution in [0.5, 0.6) is 0 Å². The van der Waals surface area contributed by atoms with E-state index >= 15 is 0 Å². The van der Waals surface area contributed by atoms with Crippen molar-refractivity contribution >= 4 is 28.3 Å². The third kappa shape index (κ3) is 4.17. The summed E-state index contributed by atoms with van der Waals surface area (Å²) in [6.07, 6.45) is 7.24. The third-order valence-electron chi connectivity index (χ3n) is 5.79. The maximum absolute atomic E-state index is 12.3. The van der Waals surface area contributed by atoms with Gasteiger partial charge in [0, 0.05) is 11.0 Å². The number of nitriles is 1. The quantitative estimate of drug-likeness (QED) is 0.673. The van der Waals surface area contributed by atoms with Gasteiger partial charge in [0.1, 0.15) is 22.6 Å². The van der Waals surface area contributed by atoms with Crippen LogP contribution in [0, 0.1) is 29.6 Å². The molecule has 2 aromatic heterocycles. The molecule has 0 aromatic carbocycles. The Labute approximate surface area is 164 Å². The SMILES string of the molecule is CCC(C)(C)[C@H]1CCc2c(sc(NC(=O)/C=C/c3ccc(C)o3)c2C#N)C1. The second-order valence-corrected chi connectivity index (χ2v) is 8.98. The van der Waals surface area contributed by atoms with Crippen molar-refractivity contribution in [2.45, 2.75) is 53.4 Å². The predicted octanol–water partition coefficient (Wildman–Crippen LogP) is 5.71. The molecular weight excluding hydrogens is 356 g/mol. The summed E-state index contributed by atoms with van der Waals surface area (Å²) in [6.45, 7) is 8.75. The van der Waals surface area contributed by atoms with Crippen LogP contribution in [-0.4, -0.2) is 5.91 Å². The highest BCUT2D eigenvalue weighted by Crippen LogP contribution is 2.45. The Morgan fingerprint density at radius 3 is 2.89 bits per heavy atom. The number of carbonyl (C=O) groups excluding carboxylic acids is 1. The number of anilines is 1. The fraction of sp³-hybridized carbons (Fsp3) is 0.455. The molecule has 0 fully saturated rings. The summed E-state index contributed by atoms with van der Waals surface area (Å²) in [7, 11) is 0. The number of rotatable bonds is 5. The minimum atomic E-state index is -0.246. The first-order chi connectivity index (χ1) is 12.8. The van der Waals surface area contributed by atoms with Gasteiger partial charge in [0.05, 0.1) is 5.56 Å². The van der Waals surface area contributed by atoms with E-state index in [1.165, 1.54) is 11.0 Å². The maximum Gasteiger partial charge on any atom is 0.249 e. The number of nitrogens with one attached hydrogen (secondary N) is 1. The number of nitrogens with zero attached hydrogens (tertiary/aromatic N) is 1. The zero-order valence-electron chi connectivity index (χ0n) is 16.4. The third-order valence-corrected chi connectivity index (χ3v) is 6.96. The van der Waals surface area contributed by atoms with Crippen LogP contribution in [0.3, 0.4) is 0 Å². The summed E-state index contributed by atoms with van der Waals surface area (Å²) < 4.78 is 5.43. The van der Waals surface area contributed by atoms with Crippen molar-refractivity contribution in [3.8, 4) is 6.07 Å². The normalized spacial score (nSPS) is 16.9. The highest BCUT2D eigenvalue weighted by Gasteiger charge is 2.33. The van der Waals surface area contributed by atoms with E-state index < -0.39 is 0 Å². The zero-order chi connectivity index (χ0) is 19.6. The van der Waals surface area contributed by atoms with E-state index in [0.29, 0.717) is 27.7 Å². The van der Waals surface area contributed by atoms with Crippen LogP contribution in [0.15, 0.2) is 22.6 Å². The largest absolute Gasteiger partial charge is 0.462 e. The van der Waals surface area contributed by atoms with E-state index in [4.69, 9.17) is 4.42 Å². The van der Waals surface area contributed by atoms with Crippen LogP contribution >= 0.6 is 11.3 Å². The monoisotopic (exact) mass is 382 g/mol. The van der Waals surface area contributed by atoms with E-state index in [0.717, 1.165) is 37.0 Å². The molecule has 0 saturated carbocycles. The maximum atomic E-state index is 12.3. The Morgan fingerprint density at radius 1 is 1.48 bits per heavy atom. The van der Waals surface area contributed by atoms with Gasteiger partial charge in [0.2, 0.25) is 5.91 Å². The summed E-state index contributed by atoms with van der Waals surface area (Å²) in [5.74, 6) is 1.81. The molecule has 1 N–H and O–H groups in total. The zero-order valence-corrected chi connectivity index (χ0v) is 17.2. The second-order valence-electron chi connectivity index (χ2n) is 7.87. The molecule has 3 rings (SSSR count). The molecule has 27 heavy (non-hydrogen) atoms. The molecule has 2 heterocycles. The van der Waals surface area contributed by atoms with Gasteiger partial charge in [-0.25, -0.2) is 0 Å². The first-order valence-corrected chi connectivity index (χ1v) is 10.3. The Kier molecular flexibility index (Phi) is 5.57. The highest BCUT2D eigenvalue weighted by atomic mass is 32.1. The first-order valence-electron chi connectivity index (χ1n) is 9.44. The molecule has 0 radical (unpaired) electrons. The molecule has 1 aliphatic carbocycles. The molecule has 1 amide bonds. The van der Waals surface area contributed by atoms with Gasteiger partial charge < -0.3 is 9.73 Å². The lowest BCUT2D eigenvalue weighted by Crippen LogP contribution is -2.28. The molecule has 5 heteroatoms. The Morgan fingerprint density at radius 2 is 2.26 bits per heavy atom. The minimum absolute atomic E-state index is 0.246. The van der Waals surface area contributed by atoms with Gasteiger partial charge in [-0.3, -0.25) is 4.79 Å². The van der Waals surface area contributed by atoms with Gasteiger partial charge >= 0.3 is 0 Å². The average molecular weight is 383 g/mol. The molecule has 1 aliphatic rings. The summed E-state index contributed by atoms with van der Waals surface area (Å²) in [4.78, 5) is 13.6. The molecule has 2 aromatic rings. The van der Waals surface area contributed by atoms with E-state index in [-0.39, 0.29) is 5.91 Å². The van der Waals surface area contributed by atoms with E-state index in [9.17, 15) is 10.1 Å². The Hall–Kier alpha value is -2.32. The van der Waals surface area contributed by atoms with Crippen molar-refractivity contribution in [1.82, 2.24) is 0 Å². The van der Waals surface area contributed by atoms with E-state index in [1.807, 2.05) is 19.1 Å². The van der Waals surface area contributed by atoms with Crippen molar-refractivity contribution in [1.29, 1.82) is 5.26 Å². The van der Waals surface area contributed by atoms with Gasteiger partial charge in [-0.1, -0.05) is 27.2 Å². The molecule has 0 bridgehead atoms. The molecule has 0 spiro atoms. The number of thiophene rings is 1. The number of aryl methyl sites for hydroxylation is 1. The molecule has 1 atom stereocenters. The highest BCUT2D eigenvalue weighted by molar-refractivity contribution is 7.16. The van der Waals surface area contributed by atoms with Gasteiger partial charge in [-0.05, 0) is 61.3 Å². The van der Waals surface area contributed by atoms with Gasteiger partial charge in [-0.2, -0.15) is 5.26 Å². The fourth-order valence-corrected chi connectivity index (χ4v) is 4.88. The molecule has 0 unspecified atom stereocenters. The van der Waals surface area contributed by atoms with Crippen LogP contribution in [0.25, 0.3) is 6.08 Å². The van der Waals surface area contributed by atoms with Crippen molar-refractivity contribution in [3.05, 3.63) is 45.7 Å². The summed E-state index contributed by atoms with van der Waals surface area (Å²) >= 11 is 1.56. The standard InChI is InChI=1S/C22H26N2O2S/c1-5-22(3,4)15-7-10-17-18(13-23)21(27-19(17)12-15)24-20(25)11-9-16-8-6-14(2)26-16/h6,8-9,11,15H,5,7,10,12H2,1-4H3,(H,24,25)/b11-9+/t15-/m0/s1. The molecule has 142 valence electrons. The summed E-state index contributed by atoms with van der Waals surface area (Å²) in [5.41, 5.74) is 2.06. The van der Waals surface area contributed by atoms with Gasteiger partial charge in [0.15, 0.2) is 0 Å². The number of amides is 1. The van der Waals surface area contributed by atoms with Crippen LogP contribution in [0.1, 0.15) is 61.1 Å². The smallest absolute Gasteiger partial charge is 0.249 e. The fourth-order valence-electron chi connectivity index (χ4n) is 3.60. The first kappa shape index (κ1) is 19.4.